The molecular formula is C16H16ClNOS. The number of hydrogen-bond donors (Lipinski definition) is 1. The maximum atomic E-state index is 11.9. The van der Waals surface area contributed by atoms with Crippen LogP contribution in [0.15, 0.2) is 47.9 Å². The number of benzene rings is 1. The third-order valence-electron chi connectivity index (χ3n) is 2.94. The number of rotatable bonds is 5. The third kappa shape index (κ3) is 4.22. The second-order valence-corrected chi connectivity index (χ2v) is 5.79. The van der Waals surface area contributed by atoms with E-state index in [1.54, 1.807) is 17.4 Å². The second-order valence-electron chi connectivity index (χ2n) is 4.37. The van der Waals surface area contributed by atoms with E-state index in [2.05, 4.69) is 5.32 Å². The van der Waals surface area contributed by atoms with Gasteiger partial charge in [-0.05, 0) is 41.6 Å². The Bertz CT molecular complexity index is 575. The van der Waals surface area contributed by atoms with Crippen molar-refractivity contribution in [2.75, 3.05) is 0 Å². The normalized spacial score (nSPS) is 12.5. The molecule has 1 atom stereocenters. The standard InChI is InChI=1S/C16H16ClNOS/c1-2-15(12-5-7-13(17)8-6-12)18-16(19)10-9-14-4-3-11-20-14/h3-11,15H,2H2,1H3,(H,18,19)/b10-9+. The first-order valence-corrected chi connectivity index (χ1v) is 7.72. The van der Waals surface area contributed by atoms with E-state index in [0.29, 0.717) is 5.02 Å². The summed E-state index contributed by atoms with van der Waals surface area (Å²) in [6.07, 6.45) is 4.24. The largest absolute Gasteiger partial charge is 0.346 e. The number of carbonyl (C=O) groups excluding carboxylic acids is 1. The predicted molar refractivity (Wildman–Crippen MR) is 86.0 cm³/mol. The van der Waals surface area contributed by atoms with Gasteiger partial charge in [-0.3, -0.25) is 4.79 Å². The Hall–Kier alpha value is -1.58. The van der Waals surface area contributed by atoms with Gasteiger partial charge in [0.05, 0.1) is 6.04 Å². The Balaban J connectivity index is 1.99. The molecule has 0 bridgehead atoms. The van der Waals surface area contributed by atoms with Crippen LogP contribution >= 0.6 is 22.9 Å². The predicted octanol–water partition coefficient (Wildman–Crippen LogP) is 4.68. The smallest absolute Gasteiger partial charge is 0.244 e. The Labute approximate surface area is 128 Å². The molecule has 20 heavy (non-hydrogen) atoms. The fourth-order valence-electron chi connectivity index (χ4n) is 1.88. The van der Waals surface area contributed by atoms with Crippen LogP contribution in [0.1, 0.15) is 29.8 Å². The minimum atomic E-state index is -0.0831. The summed E-state index contributed by atoms with van der Waals surface area (Å²) in [5.41, 5.74) is 1.06. The molecule has 1 aromatic heterocycles. The fourth-order valence-corrected chi connectivity index (χ4v) is 2.62. The van der Waals surface area contributed by atoms with Gasteiger partial charge in [0.1, 0.15) is 0 Å². The molecule has 0 radical (unpaired) electrons. The molecule has 104 valence electrons. The van der Waals surface area contributed by atoms with Crippen LogP contribution < -0.4 is 5.32 Å². The van der Waals surface area contributed by atoms with Crippen LogP contribution in [0.2, 0.25) is 5.02 Å². The molecule has 0 saturated heterocycles. The van der Waals surface area contributed by atoms with Crippen molar-refractivity contribution >= 4 is 34.9 Å². The van der Waals surface area contributed by atoms with E-state index in [1.165, 1.54) is 0 Å². The second kappa shape index (κ2) is 7.27. The average molecular weight is 306 g/mol. The van der Waals surface area contributed by atoms with Crippen molar-refractivity contribution in [2.24, 2.45) is 0 Å². The number of carbonyl (C=O) groups is 1. The van der Waals surface area contributed by atoms with Crippen LogP contribution in [0.4, 0.5) is 0 Å². The number of hydrogen-bond acceptors (Lipinski definition) is 2. The Morgan fingerprint density at radius 1 is 1.35 bits per heavy atom. The number of thiophene rings is 1. The summed E-state index contributed by atoms with van der Waals surface area (Å²) in [5.74, 6) is -0.0831. The number of amides is 1. The zero-order valence-electron chi connectivity index (χ0n) is 11.2. The maximum Gasteiger partial charge on any atom is 0.244 e. The van der Waals surface area contributed by atoms with Crippen molar-refractivity contribution in [3.63, 3.8) is 0 Å². The lowest BCUT2D eigenvalue weighted by atomic mass is 10.0. The summed E-state index contributed by atoms with van der Waals surface area (Å²) >= 11 is 7.48. The van der Waals surface area contributed by atoms with Crippen molar-refractivity contribution in [1.29, 1.82) is 0 Å². The summed E-state index contributed by atoms with van der Waals surface area (Å²) in [5, 5.41) is 5.69. The highest BCUT2D eigenvalue weighted by atomic mass is 35.5. The minimum Gasteiger partial charge on any atom is -0.346 e. The van der Waals surface area contributed by atoms with Gasteiger partial charge in [0.25, 0.3) is 0 Å². The summed E-state index contributed by atoms with van der Waals surface area (Å²) in [6.45, 7) is 2.04. The molecule has 0 aliphatic heterocycles. The molecule has 2 nitrogen and oxygen atoms in total. The topological polar surface area (TPSA) is 29.1 Å². The molecule has 1 N–H and O–H groups in total. The van der Waals surface area contributed by atoms with E-state index in [-0.39, 0.29) is 11.9 Å². The van der Waals surface area contributed by atoms with Crippen LogP contribution in [-0.4, -0.2) is 5.91 Å². The highest BCUT2D eigenvalue weighted by Gasteiger charge is 2.10. The van der Waals surface area contributed by atoms with E-state index in [9.17, 15) is 4.79 Å². The fraction of sp³-hybridized carbons (Fsp3) is 0.188. The molecule has 0 aliphatic rings. The minimum absolute atomic E-state index is 0.00718. The Kier molecular flexibility index (Phi) is 5.39. The van der Waals surface area contributed by atoms with Crippen molar-refractivity contribution in [2.45, 2.75) is 19.4 Å². The molecule has 1 aromatic carbocycles. The Morgan fingerprint density at radius 2 is 2.10 bits per heavy atom. The molecule has 1 unspecified atom stereocenters. The molecule has 2 aromatic rings. The average Bonchev–Trinajstić information content (AvgIpc) is 2.97. The molecular weight excluding hydrogens is 290 g/mol. The summed E-state index contributed by atoms with van der Waals surface area (Å²) in [7, 11) is 0. The molecule has 1 amide bonds. The van der Waals surface area contributed by atoms with Crippen molar-refractivity contribution in [3.05, 3.63) is 63.3 Å². The van der Waals surface area contributed by atoms with E-state index >= 15 is 0 Å². The van der Waals surface area contributed by atoms with Gasteiger partial charge in [-0.15, -0.1) is 11.3 Å². The number of nitrogens with one attached hydrogen (secondary N) is 1. The van der Waals surface area contributed by atoms with Gasteiger partial charge in [0.15, 0.2) is 0 Å². The molecule has 0 aliphatic carbocycles. The molecule has 1 heterocycles. The van der Waals surface area contributed by atoms with Crippen LogP contribution in [0.5, 0.6) is 0 Å². The van der Waals surface area contributed by atoms with Crippen molar-refractivity contribution < 1.29 is 4.79 Å². The first kappa shape index (κ1) is 14.8. The molecule has 0 saturated carbocycles. The van der Waals surface area contributed by atoms with E-state index < -0.39 is 0 Å². The van der Waals surface area contributed by atoms with Crippen LogP contribution in [0.3, 0.4) is 0 Å². The zero-order valence-corrected chi connectivity index (χ0v) is 12.7. The highest BCUT2D eigenvalue weighted by molar-refractivity contribution is 7.10. The van der Waals surface area contributed by atoms with E-state index in [4.69, 9.17) is 11.6 Å². The molecule has 4 heteroatoms. The zero-order chi connectivity index (χ0) is 14.4. The third-order valence-corrected chi connectivity index (χ3v) is 4.03. The summed E-state index contributed by atoms with van der Waals surface area (Å²) in [6, 6.07) is 11.5. The lowest BCUT2D eigenvalue weighted by molar-refractivity contribution is -0.117. The van der Waals surface area contributed by atoms with Crippen LogP contribution in [0, 0.1) is 0 Å². The quantitative estimate of drug-likeness (QED) is 0.798. The van der Waals surface area contributed by atoms with Crippen molar-refractivity contribution in [3.8, 4) is 0 Å². The maximum absolute atomic E-state index is 11.9. The Morgan fingerprint density at radius 3 is 2.70 bits per heavy atom. The SMILES string of the molecule is CCC(NC(=O)/C=C/c1cccs1)c1ccc(Cl)cc1. The highest BCUT2D eigenvalue weighted by Crippen LogP contribution is 2.19. The van der Waals surface area contributed by atoms with Crippen molar-refractivity contribution in [1.82, 2.24) is 5.32 Å². The lowest BCUT2D eigenvalue weighted by Gasteiger charge is -2.16. The van der Waals surface area contributed by atoms with Gasteiger partial charge < -0.3 is 5.32 Å². The molecule has 0 fully saturated rings. The first-order chi connectivity index (χ1) is 9.69. The monoisotopic (exact) mass is 305 g/mol. The van der Waals surface area contributed by atoms with Gasteiger partial charge >= 0.3 is 0 Å². The van der Waals surface area contributed by atoms with E-state index in [0.717, 1.165) is 16.9 Å². The van der Waals surface area contributed by atoms with Crippen LogP contribution in [-0.2, 0) is 4.79 Å². The summed E-state index contributed by atoms with van der Waals surface area (Å²) < 4.78 is 0. The van der Waals surface area contributed by atoms with Gasteiger partial charge in [0, 0.05) is 16.0 Å². The van der Waals surface area contributed by atoms with Crippen LogP contribution in [0.25, 0.3) is 6.08 Å². The lowest BCUT2D eigenvalue weighted by Crippen LogP contribution is -2.26. The molecule has 0 spiro atoms. The van der Waals surface area contributed by atoms with E-state index in [1.807, 2.05) is 54.8 Å². The summed E-state index contributed by atoms with van der Waals surface area (Å²) in [4.78, 5) is 13.0. The van der Waals surface area contributed by atoms with Gasteiger partial charge in [-0.2, -0.15) is 0 Å². The first-order valence-electron chi connectivity index (χ1n) is 6.46. The molecule has 2 rings (SSSR count). The van der Waals surface area contributed by atoms with Gasteiger partial charge in [-0.1, -0.05) is 36.7 Å². The van der Waals surface area contributed by atoms with Gasteiger partial charge in [0.2, 0.25) is 5.91 Å². The van der Waals surface area contributed by atoms with Gasteiger partial charge in [-0.25, -0.2) is 0 Å². The number of halogens is 1.